The van der Waals surface area contributed by atoms with Gasteiger partial charge in [0.2, 0.25) is 11.8 Å². The van der Waals surface area contributed by atoms with Crippen LogP contribution < -0.4 is 21.1 Å². The number of carbonyl (C=O) groups excluding carboxylic acids is 2. The molecule has 0 saturated heterocycles. The van der Waals surface area contributed by atoms with Gasteiger partial charge in [-0.05, 0) is 24.3 Å². The fourth-order valence-corrected chi connectivity index (χ4v) is 1.26. The Morgan fingerprint density at radius 2 is 1.76 bits per heavy atom. The fourth-order valence-electron chi connectivity index (χ4n) is 1.26. The highest BCUT2D eigenvalue weighted by molar-refractivity contribution is 5.94. The molecule has 4 N–H and O–H groups in total. The second kappa shape index (κ2) is 7.48. The summed E-state index contributed by atoms with van der Waals surface area (Å²) in [6.45, 7) is -1.86. The number of anilines is 1. The molecule has 9 heteroatoms. The fraction of sp³-hybridized carbons (Fsp3) is 0.333. The number of carbonyl (C=O) groups is 2. The first kappa shape index (κ1) is 16.8. The lowest BCUT2D eigenvalue weighted by Crippen LogP contribution is -2.36. The molecule has 0 atom stereocenters. The van der Waals surface area contributed by atoms with Gasteiger partial charge in [-0.15, -0.1) is 0 Å². The highest BCUT2D eigenvalue weighted by Crippen LogP contribution is 2.20. The number of nitrogens with one attached hydrogen (secondary N) is 2. The lowest BCUT2D eigenvalue weighted by molar-refractivity contribution is -0.153. The van der Waals surface area contributed by atoms with Gasteiger partial charge in [0.25, 0.3) is 0 Å². The summed E-state index contributed by atoms with van der Waals surface area (Å²) in [5.74, 6) is -0.927. The van der Waals surface area contributed by atoms with Gasteiger partial charge in [0, 0.05) is 5.69 Å². The summed E-state index contributed by atoms with van der Waals surface area (Å²) in [7, 11) is 0. The SMILES string of the molecule is NCC(=O)NCC(=O)Nc1ccc(OCC(F)(F)F)cc1. The van der Waals surface area contributed by atoms with Crippen molar-refractivity contribution in [3.05, 3.63) is 24.3 Å². The number of alkyl halides is 3. The third-order valence-corrected chi connectivity index (χ3v) is 2.17. The van der Waals surface area contributed by atoms with Crippen molar-refractivity contribution in [2.24, 2.45) is 5.73 Å². The normalized spacial score (nSPS) is 10.9. The van der Waals surface area contributed by atoms with Crippen LogP contribution in [0.2, 0.25) is 0 Å². The predicted molar refractivity (Wildman–Crippen MR) is 68.7 cm³/mol. The van der Waals surface area contributed by atoms with Crippen LogP contribution in [0, 0.1) is 0 Å². The Morgan fingerprint density at radius 3 is 2.29 bits per heavy atom. The van der Waals surface area contributed by atoms with Crippen LogP contribution in [-0.4, -0.2) is 37.7 Å². The molecule has 2 amide bonds. The van der Waals surface area contributed by atoms with Gasteiger partial charge in [-0.3, -0.25) is 9.59 Å². The summed E-state index contributed by atoms with van der Waals surface area (Å²) >= 11 is 0. The van der Waals surface area contributed by atoms with Crippen LogP contribution in [0.15, 0.2) is 24.3 Å². The van der Waals surface area contributed by atoms with Gasteiger partial charge in [-0.2, -0.15) is 13.2 Å². The molecule has 0 spiro atoms. The summed E-state index contributed by atoms with van der Waals surface area (Å²) in [6.07, 6.45) is -4.41. The van der Waals surface area contributed by atoms with E-state index in [4.69, 9.17) is 5.73 Å². The maximum absolute atomic E-state index is 11.9. The molecular weight excluding hydrogens is 291 g/mol. The topological polar surface area (TPSA) is 93.5 Å². The maximum atomic E-state index is 11.9. The number of rotatable bonds is 6. The Balaban J connectivity index is 2.43. The molecule has 1 aromatic rings. The molecule has 6 nitrogen and oxygen atoms in total. The predicted octanol–water partition coefficient (Wildman–Crippen LogP) is 0.641. The monoisotopic (exact) mass is 305 g/mol. The van der Waals surface area contributed by atoms with Crippen molar-refractivity contribution in [2.75, 3.05) is 25.0 Å². The Labute approximate surface area is 118 Å². The molecule has 0 aliphatic heterocycles. The van der Waals surface area contributed by atoms with Gasteiger partial charge >= 0.3 is 6.18 Å². The molecule has 0 bridgehead atoms. The number of benzene rings is 1. The van der Waals surface area contributed by atoms with E-state index >= 15 is 0 Å². The van der Waals surface area contributed by atoms with E-state index in [-0.39, 0.29) is 18.8 Å². The standard InChI is InChI=1S/C12H14F3N3O3/c13-12(14,15)7-21-9-3-1-8(2-4-9)18-11(20)6-17-10(19)5-16/h1-4H,5-7,16H2,(H,17,19)(H,18,20). The Bertz CT molecular complexity index is 489. The molecule has 0 radical (unpaired) electrons. The Morgan fingerprint density at radius 1 is 1.14 bits per heavy atom. The quantitative estimate of drug-likeness (QED) is 0.719. The van der Waals surface area contributed by atoms with Crippen molar-refractivity contribution in [3.8, 4) is 5.75 Å². The lowest BCUT2D eigenvalue weighted by atomic mass is 10.3. The summed E-state index contributed by atoms with van der Waals surface area (Å²) in [4.78, 5) is 22.3. The number of nitrogens with two attached hydrogens (primary N) is 1. The average molecular weight is 305 g/mol. The van der Waals surface area contributed by atoms with E-state index in [1.54, 1.807) is 0 Å². The van der Waals surface area contributed by atoms with E-state index in [9.17, 15) is 22.8 Å². The van der Waals surface area contributed by atoms with E-state index in [1.807, 2.05) is 0 Å². The third-order valence-electron chi connectivity index (χ3n) is 2.17. The smallest absolute Gasteiger partial charge is 0.422 e. The molecule has 0 aliphatic rings. The Kier molecular flexibility index (Phi) is 5.97. The van der Waals surface area contributed by atoms with E-state index in [2.05, 4.69) is 15.4 Å². The highest BCUT2D eigenvalue weighted by atomic mass is 19.4. The number of amides is 2. The van der Waals surface area contributed by atoms with E-state index < -0.39 is 24.6 Å². The minimum atomic E-state index is -4.41. The second-order valence-corrected chi connectivity index (χ2v) is 3.96. The molecule has 0 saturated carbocycles. The van der Waals surface area contributed by atoms with Gasteiger partial charge in [0.1, 0.15) is 5.75 Å². The molecule has 0 fully saturated rings. The molecule has 0 aliphatic carbocycles. The minimum absolute atomic E-state index is 0.0294. The summed E-state index contributed by atoms with van der Waals surface area (Å²) in [5.41, 5.74) is 5.41. The molecule has 0 aromatic heterocycles. The third kappa shape index (κ3) is 7.16. The van der Waals surface area contributed by atoms with Crippen molar-refractivity contribution in [3.63, 3.8) is 0 Å². The van der Waals surface area contributed by atoms with Crippen molar-refractivity contribution in [2.45, 2.75) is 6.18 Å². The second-order valence-electron chi connectivity index (χ2n) is 3.96. The molecule has 21 heavy (non-hydrogen) atoms. The van der Waals surface area contributed by atoms with E-state index in [0.29, 0.717) is 5.69 Å². The van der Waals surface area contributed by atoms with Gasteiger partial charge in [-0.1, -0.05) is 0 Å². The first-order valence-electron chi connectivity index (χ1n) is 5.86. The first-order chi connectivity index (χ1) is 9.80. The number of halogens is 3. The summed E-state index contributed by atoms with van der Waals surface area (Å²) in [5, 5.41) is 4.72. The zero-order chi connectivity index (χ0) is 15.9. The van der Waals surface area contributed by atoms with Gasteiger partial charge in [0.05, 0.1) is 13.1 Å². The molecule has 1 rings (SSSR count). The molecule has 116 valence electrons. The molecule has 1 aromatic carbocycles. The molecule has 0 unspecified atom stereocenters. The highest BCUT2D eigenvalue weighted by Gasteiger charge is 2.28. The van der Waals surface area contributed by atoms with Crippen LogP contribution in [0.1, 0.15) is 0 Å². The number of ether oxygens (including phenoxy) is 1. The van der Waals surface area contributed by atoms with Gasteiger partial charge < -0.3 is 21.1 Å². The van der Waals surface area contributed by atoms with E-state index in [1.165, 1.54) is 24.3 Å². The molecule has 0 heterocycles. The van der Waals surface area contributed by atoms with Crippen molar-refractivity contribution >= 4 is 17.5 Å². The van der Waals surface area contributed by atoms with E-state index in [0.717, 1.165) is 0 Å². The van der Waals surface area contributed by atoms with Crippen LogP contribution >= 0.6 is 0 Å². The van der Waals surface area contributed by atoms with Crippen molar-refractivity contribution < 1.29 is 27.5 Å². The van der Waals surface area contributed by atoms with Gasteiger partial charge in [0.15, 0.2) is 6.61 Å². The molecular formula is C12H14F3N3O3. The zero-order valence-electron chi connectivity index (χ0n) is 10.9. The van der Waals surface area contributed by atoms with Crippen LogP contribution in [0.5, 0.6) is 5.75 Å². The van der Waals surface area contributed by atoms with Crippen LogP contribution in [-0.2, 0) is 9.59 Å². The maximum Gasteiger partial charge on any atom is 0.422 e. The zero-order valence-corrected chi connectivity index (χ0v) is 10.9. The summed E-state index contributed by atoms with van der Waals surface area (Å²) < 4.78 is 40.4. The van der Waals surface area contributed by atoms with Crippen LogP contribution in [0.4, 0.5) is 18.9 Å². The Hall–Kier alpha value is -2.29. The number of hydrogen-bond donors (Lipinski definition) is 3. The average Bonchev–Trinajstić information content (AvgIpc) is 2.43. The van der Waals surface area contributed by atoms with Crippen molar-refractivity contribution in [1.29, 1.82) is 0 Å². The van der Waals surface area contributed by atoms with Crippen LogP contribution in [0.3, 0.4) is 0 Å². The number of hydrogen-bond acceptors (Lipinski definition) is 4. The van der Waals surface area contributed by atoms with Crippen LogP contribution in [0.25, 0.3) is 0 Å². The summed E-state index contributed by atoms with van der Waals surface area (Å²) in [6, 6.07) is 5.35. The van der Waals surface area contributed by atoms with Crippen molar-refractivity contribution in [1.82, 2.24) is 5.32 Å². The largest absolute Gasteiger partial charge is 0.484 e. The lowest BCUT2D eigenvalue weighted by Gasteiger charge is -2.10. The van der Waals surface area contributed by atoms with Gasteiger partial charge in [-0.25, -0.2) is 0 Å². The minimum Gasteiger partial charge on any atom is -0.484 e. The first-order valence-corrected chi connectivity index (χ1v) is 5.86.